The van der Waals surface area contributed by atoms with Crippen molar-refractivity contribution in [3.05, 3.63) is 30.1 Å². The summed E-state index contributed by atoms with van der Waals surface area (Å²) < 4.78 is 0. The Morgan fingerprint density at radius 3 is 2.79 bits per heavy atom. The highest BCUT2D eigenvalue weighted by Crippen LogP contribution is 2.28. The topological polar surface area (TPSA) is 75.3 Å². The second kappa shape index (κ2) is 5.11. The van der Waals surface area contributed by atoms with Crippen molar-refractivity contribution < 1.29 is 5.11 Å². The minimum Gasteiger partial charge on any atom is -0.395 e. The number of aromatic nitrogens is 2. The van der Waals surface area contributed by atoms with Gasteiger partial charge in [0, 0.05) is 18.0 Å². The molecule has 1 aliphatic carbocycles. The van der Waals surface area contributed by atoms with Crippen molar-refractivity contribution in [3.63, 3.8) is 0 Å². The van der Waals surface area contributed by atoms with Crippen LogP contribution in [-0.4, -0.2) is 39.2 Å². The van der Waals surface area contributed by atoms with E-state index in [2.05, 4.69) is 14.9 Å². The smallest absolute Gasteiger partial charge is 0.145 e. The molecule has 19 heavy (non-hydrogen) atoms. The van der Waals surface area contributed by atoms with E-state index in [9.17, 15) is 0 Å². The largest absolute Gasteiger partial charge is 0.395 e. The van der Waals surface area contributed by atoms with Crippen molar-refractivity contribution in [2.24, 2.45) is 0 Å². The van der Waals surface area contributed by atoms with Crippen LogP contribution in [-0.2, 0) is 6.54 Å². The van der Waals surface area contributed by atoms with Gasteiger partial charge in [-0.05, 0) is 25.0 Å². The molecule has 1 fully saturated rings. The van der Waals surface area contributed by atoms with Gasteiger partial charge in [0.15, 0.2) is 0 Å². The lowest BCUT2D eigenvalue weighted by Crippen LogP contribution is -2.29. The molecule has 0 unspecified atom stereocenters. The number of hydrogen-bond acceptors (Lipinski definition) is 5. The van der Waals surface area contributed by atoms with Crippen molar-refractivity contribution in [1.29, 1.82) is 0 Å². The molecule has 5 heteroatoms. The third-order valence-corrected chi connectivity index (χ3v) is 3.47. The minimum atomic E-state index is 0.166. The van der Waals surface area contributed by atoms with Gasteiger partial charge in [0.05, 0.1) is 18.7 Å². The molecule has 1 aromatic carbocycles. The second-order valence-corrected chi connectivity index (χ2v) is 4.97. The normalized spacial score (nSPS) is 15.3. The van der Waals surface area contributed by atoms with Crippen molar-refractivity contribution in [3.8, 4) is 0 Å². The number of nitrogens with zero attached hydrogens (tertiary/aromatic N) is 3. The van der Waals surface area contributed by atoms with Gasteiger partial charge in [0.25, 0.3) is 0 Å². The fraction of sp³-hybridized carbons (Fsp3) is 0.429. The number of anilines is 1. The van der Waals surface area contributed by atoms with Crippen LogP contribution in [0.25, 0.3) is 10.9 Å². The molecule has 1 aliphatic rings. The number of aliphatic hydroxyl groups excluding tert-OH is 1. The Bertz CT molecular complexity index is 583. The van der Waals surface area contributed by atoms with Crippen LogP contribution < -0.4 is 5.73 Å². The standard InChI is InChI=1S/C14H18N4O/c15-14-11-3-1-2-4-12(11)16-13(17-14)9-18(7-8-19)10-5-6-10/h1-4,10,19H,5-9H2,(H2,15,16,17). The Balaban J connectivity index is 1.87. The number of nitrogens with two attached hydrogens (primary N) is 1. The average Bonchev–Trinajstić information content (AvgIpc) is 3.23. The molecule has 1 aromatic heterocycles. The summed E-state index contributed by atoms with van der Waals surface area (Å²) in [7, 11) is 0. The summed E-state index contributed by atoms with van der Waals surface area (Å²) in [5, 5.41) is 10.0. The Morgan fingerprint density at radius 1 is 1.26 bits per heavy atom. The van der Waals surface area contributed by atoms with Gasteiger partial charge in [-0.1, -0.05) is 12.1 Å². The first-order valence-electron chi connectivity index (χ1n) is 6.64. The van der Waals surface area contributed by atoms with Gasteiger partial charge in [-0.2, -0.15) is 0 Å². The molecule has 0 atom stereocenters. The molecule has 0 aliphatic heterocycles. The number of fused-ring (bicyclic) bond motifs is 1. The Kier molecular flexibility index (Phi) is 3.31. The van der Waals surface area contributed by atoms with Crippen LogP contribution in [0, 0.1) is 0 Å². The first-order valence-corrected chi connectivity index (χ1v) is 6.64. The van der Waals surface area contributed by atoms with E-state index in [4.69, 9.17) is 10.8 Å². The molecule has 100 valence electrons. The van der Waals surface area contributed by atoms with Crippen LogP contribution in [0.2, 0.25) is 0 Å². The van der Waals surface area contributed by atoms with Crippen LogP contribution in [0.3, 0.4) is 0 Å². The summed E-state index contributed by atoms with van der Waals surface area (Å²) >= 11 is 0. The second-order valence-electron chi connectivity index (χ2n) is 4.97. The lowest BCUT2D eigenvalue weighted by Gasteiger charge is -2.20. The molecule has 3 rings (SSSR count). The van der Waals surface area contributed by atoms with Crippen LogP contribution >= 0.6 is 0 Å². The third kappa shape index (κ3) is 2.67. The van der Waals surface area contributed by atoms with Crippen molar-refractivity contribution in [1.82, 2.24) is 14.9 Å². The molecule has 0 radical (unpaired) electrons. The Hall–Kier alpha value is -1.72. The maximum Gasteiger partial charge on any atom is 0.145 e. The quantitative estimate of drug-likeness (QED) is 0.842. The van der Waals surface area contributed by atoms with Crippen molar-refractivity contribution >= 4 is 16.7 Å². The molecular formula is C14H18N4O. The highest BCUT2D eigenvalue weighted by atomic mass is 16.3. The van der Waals surface area contributed by atoms with E-state index in [-0.39, 0.29) is 6.61 Å². The number of para-hydroxylation sites is 1. The van der Waals surface area contributed by atoms with E-state index in [0.717, 1.165) is 16.7 Å². The van der Waals surface area contributed by atoms with E-state index in [1.54, 1.807) is 0 Å². The van der Waals surface area contributed by atoms with Gasteiger partial charge >= 0.3 is 0 Å². The molecule has 0 spiro atoms. The summed E-state index contributed by atoms with van der Waals surface area (Å²) in [4.78, 5) is 11.2. The third-order valence-electron chi connectivity index (χ3n) is 3.47. The molecule has 2 aromatic rings. The monoisotopic (exact) mass is 258 g/mol. The van der Waals surface area contributed by atoms with E-state index in [0.29, 0.717) is 24.9 Å². The van der Waals surface area contributed by atoms with E-state index >= 15 is 0 Å². The molecular weight excluding hydrogens is 240 g/mol. The zero-order valence-corrected chi connectivity index (χ0v) is 10.8. The van der Waals surface area contributed by atoms with Gasteiger partial charge in [-0.15, -0.1) is 0 Å². The number of nitrogen functional groups attached to an aromatic ring is 1. The SMILES string of the molecule is Nc1nc(CN(CCO)C2CC2)nc2ccccc12. The van der Waals surface area contributed by atoms with Gasteiger partial charge in [-0.25, -0.2) is 9.97 Å². The maximum atomic E-state index is 9.11. The van der Waals surface area contributed by atoms with Gasteiger partial charge in [0.2, 0.25) is 0 Å². The summed E-state index contributed by atoms with van der Waals surface area (Å²) in [6.07, 6.45) is 2.39. The predicted octanol–water partition coefficient (Wildman–Crippen LogP) is 1.17. The van der Waals surface area contributed by atoms with E-state index in [1.165, 1.54) is 12.8 Å². The predicted molar refractivity (Wildman–Crippen MR) is 74.5 cm³/mol. The maximum absolute atomic E-state index is 9.11. The summed E-state index contributed by atoms with van der Waals surface area (Å²) in [6, 6.07) is 8.34. The number of aliphatic hydroxyl groups is 1. The number of hydrogen-bond donors (Lipinski definition) is 2. The van der Waals surface area contributed by atoms with Crippen molar-refractivity contribution in [2.45, 2.75) is 25.4 Å². The molecule has 1 saturated carbocycles. The van der Waals surface area contributed by atoms with Crippen LogP contribution in [0.15, 0.2) is 24.3 Å². The first-order chi connectivity index (χ1) is 9.28. The molecule has 0 bridgehead atoms. The van der Waals surface area contributed by atoms with Gasteiger partial charge in [-0.3, -0.25) is 4.90 Å². The fourth-order valence-electron chi connectivity index (χ4n) is 2.36. The minimum absolute atomic E-state index is 0.166. The Labute approximate surface area is 112 Å². The molecule has 0 saturated heterocycles. The molecule has 0 amide bonds. The zero-order chi connectivity index (χ0) is 13.2. The van der Waals surface area contributed by atoms with Crippen LogP contribution in [0.4, 0.5) is 5.82 Å². The lowest BCUT2D eigenvalue weighted by atomic mass is 10.2. The summed E-state index contributed by atoms with van der Waals surface area (Å²) in [5.74, 6) is 1.26. The van der Waals surface area contributed by atoms with Crippen molar-refractivity contribution in [2.75, 3.05) is 18.9 Å². The van der Waals surface area contributed by atoms with Gasteiger partial charge < -0.3 is 10.8 Å². The van der Waals surface area contributed by atoms with E-state index < -0.39 is 0 Å². The molecule has 5 nitrogen and oxygen atoms in total. The first kappa shape index (κ1) is 12.3. The van der Waals surface area contributed by atoms with Crippen LogP contribution in [0.1, 0.15) is 18.7 Å². The Morgan fingerprint density at radius 2 is 2.05 bits per heavy atom. The van der Waals surface area contributed by atoms with E-state index in [1.807, 2.05) is 24.3 Å². The van der Waals surface area contributed by atoms with Gasteiger partial charge in [0.1, 0.15) is 11.6 Å². The summed E-state index contributed by atoms with van der Waals surface area (Å²) in [6.45, 7) is 1.49. The highest BCUT2D eigenvalue weighted by Gasteiger charge is 2.29. The number of benzene rings is 1. The molecule has 1 heterocycles. The lowest BCUT2D eigenvalue weighted by molar-refractivity contribution is 0.180. The number of rotatable bonds is 5. The zero-order valence-electron chi connectivity index (χ0n) is 10.8. The average molecular weight is 258 g/mol. The van der Waals surface area contributed by atoms with Crippen LogP contribution in [0.5, 0.6) is 0 Å². The summed E-state index contributed by atoms with van der Waals surface area (Å²) in [5.41, 5.74) is 6.86. The fourth-order valence-corrected chi connectivity index (χ4v) is 2.36. The molecule has 3 N–H and O–H groups in total. The highest BCUT2D eigenvalue weighted by molar-refractivity contribution is 5.87.